The molecule has 0 bridgehead atoms. The third-order valence-electron chi connectivity index (χ3n) is 4.76. The summed E-state index contributed by atoms with van der Waals surface area (Å²) >= 11 is 6.06. The van der Waals surface area contributed by atoms with Crippen molar-refractivity contribution in [3.05, 3.63) is 51.9 Å². The second kappa shape index (κ2) is 6.77. The number of ether oxygens (including phenoxy) is 1. The molecule has 7 heteroatoms. The maximum atomic E-state index is 13.5. The summed E-state index contributed by atoms with van der Waals surface area (Å²) in [7, 11) is 0. The third kappa shape index (κ3) is 3.28. The summed E-state index contributed by atoms with van der Waals surface area (Å²) in [6.07, 6.45) is 2.41. The number of carbonyl (C=O) groups is 1. The number of halogens is 2. The lowest BCUT2D eigenvalue weighted by Gasteiger charge is -2.25. The first-order valence-electron chi connectivity index (χ1n) is 8.42. The van der Waals surface area contributed by atoms with Crippen LogP contribution >= 0.6 is 11.6 Å². The number of hydrogen-bond acceptors (Lipinski definition) is 4. The fourth-order valence-corrected chi connectivity index (χ4v) is 3.54. The summed E-state index contributed by atoms with van der Waals surface area (Å²) in [4.78, 5) is 18.9. The van der Waals surface area contributed by atoms with Crippen molar-refractivity contribution in [3.8, 4) is 0 Å². The van der Waals surface area contributed by atoms with Crippen molar-refractivity contribution in [2.45, 2.75) is 31.7 Å². The van der Waals surface area contributed by atoms with Gasteiger partial charge in [0.2, 0.25) is 0 Å². The molecule has 2 aliphatic heterocycles. The van der Waals surface area contributed by atoms with Crippen LogP contribution in [-0.4, -0.2) is 35.5 Å². The van der Waals surface area contributed by atoms with E-state index in [0.29, 0.717) is 19.5 Å². The molecular formula is C18H18ClFN2O3. The molecule has 1 aromatic carbocycles. The van der Waals surface area contributed by atoms with E-state index < -0.39 is 5.82 Å². The quantitative estimate of drug-likeness (QED) is 0.817. The van der Waals surface area contributed by atoms with Gasteiger partial charge in [-0.1, -0.05) is 11.6 Å². The number of hydrogen-bond donors (Lipinski definition) is 0. The molecule has 25 heavy (non-hydrogen) atoms. The smallest absolute Gasteiger partial charge is 0.255 e. The number of oxazole rings is 1. The van der Waals surface area contributed by atoms with Gasteiger partial charge in [-0.2, -0.15) is 0 Å². The monoisotopic (exact) mass is 364 g/mol. The van der Waals surface area contributed by atoms with Crippen LogP contribution in [0, 0.1) is 5.82 Å². The van der Waals surface area contributed by atoms with Crippen LogP contribution < -0.4 is 0 Å². The topological polar surface area (TPSA) is 55.6 Å². The molecule has 0 spiro atoms. The fourth-order valence-electron chi connectivity index (χ4n) is 3.34. The molecular weight excluding hydrogens is 347 g/mol. The number of aromatic nitrogens is 1. The molecule has 0 radical (unpaired) electrons. The van der Waals surface area contributed by atoms with Gasteiger partial charge >= 0.3 is 0 Å². The van der Waals surface area contributed by atoms with Gasteiger partial charge < -0.3 is 14.1 Å². The van der Waals surface area contributed by atoms with E-state index in [1.807, 2.05) is 0 Å². The van der Waals surface area contributed by atoms with Crippen molar-refractivity contribution in [3.63, 3.8) is 0 Å². The van der Waals surface area contributed by atoms with E-state index in [4.69, 9.17) is 20.8 Å². The summed E-state index contributed by atoms with van der Waals surface area (Å²) < 4.78 is 24.8. The largest absolute Gasteiger partial charge is 0.445 e. The fraction of sp³-hybridized carbons (Fsp3) is 0.444. The first-order valence-corrected chi connectivity index (χ1v) is 8.80. The summed E-state index contributed by atoms with van der Waals surface area (Å²) in [6.45, 7) is 2.30. The van der Waals surface area contributed by atoms with Crippen LogP contribution in [-0.2, 0) is 17.7 Å². The van der Waals surface area contributed by atoms with Crippen LogP contribution in [0.3, 0.4) is 0 Å². The van der Waals surface area contributed by atoms with Crippen LogP contribution in [0.1, 0.15) is 46.5 Å². The van der Waals surface area contributed by atoms with Gasteiger partial charge in [0.25, 0.3) is 5.91 Å². The number of carbonyl (C=O) groups excluding carboxylic acids is 1. The molecule has 1 aromatic heterocycles. The Bertz CT molecular complexity index is 802. The average Bonchev–Trinajstić information content (AvgIpc) is 3.07. The third-order valence-corrected chi connectivity index (χ3v) is 5.09. The average molecular weight is 365 g/mol. The molecule has 0 aliphatic carbocycles. The standard InChI is InChI=1S/C18H18ClFN2O3/c19-14-2-1-12(20)9-13(14)18(23)22-6-3-16-15(10-22)21-17(25-16)11-4-7-24-8-5-11/h1-2,9,11H,3-8,10H2. The molecule has 2 aliphatic rings. The zero-order valence-electron chi connectivity index (χ0n) is 13.6. The van der Waals surface area contributed by atoms with Crippen molar-refractivity contribution in [2.75, 3.05) is 19.8 Å². The van der Waals surface area contributed by atoms with Crippen molar-refractivity contribution < 1.29 is 18.3 Å². The van der Waals surface area contributed by atoms with E-state index in [1.54, 1.807) is 4.90 Å². The van der Waals surface area contributed by atoms with Gasteiger partial charge in [-0.25, -0.2) is 9.37 Å². The van der Waals surface area contributed by atoms with Crippen LogP contribution in [0.25, 0.3) is 0 Å². The van der Waals surface area contributed by atoms with E-state index in [2.05, 4.69) is 4.98 Å². The van der Waals surface area contributed by atoms with Gasteiger partial charge in [0.15, 0.2) is 5.89 Å². The van der Waals surface area contributed by atoms with Crippen LogP contribution in [0.2, 0.25) is 5.02 Å². The first kappa shape index (κ1) is 16.5. The predicted octanol–water partition coefficient (Wildman–Crippen LogP) is 3.56. The normalized spacial score (nSPS) is 18.2. The highest BCUT2D eigenvalue weighted by molar-refractivity contribution is 6.33. The molecule has 0 atom stereocenters. The number of benzene rings is 1. The van der Waals surface area contributed by atoms with Gasteiger partial charge in [0, 0.05) is 32.1 Å². The lowest BCUT2D eigenvalue weighted by atomic mass is 10.0. The highest BCUT2D eigenvalue weighted by Crippen LogP contribution is 2.30. The maximum Gasteiger partial charge on any atom is 0.255 e. The minimum Gasteiger partial charge on any atom is -0.445 e. The molecule has 0 unspecified atom stereocenters. The molecule has 0 N–H and O–H groups in total. The Balaban J connectivity index is 1.53. The van der Waals surface area contributed by atoms with Gasteiger partial charge in [-0.05, 0) is 31.0 Å². The van der Waals surface area contributed by atoms with Gasteiger partial charge in [0.05, 0.1) is 17.1 Å². The summed E-state index contributed by atoms with van der Waals surface area (Å²) in [5.41, 5.74) is 0.965. The lowest BCUT2D eigenvalue weighted by molar-refractivity contribution is 0.0725. The van der Waals surface area contributed by atoms with E-state index >= 15 is 0 Å². The second-order valence-corrected chi connectivity index (χ2v) is 6.82. The first-order chi connectivity index (χ1) is 12.1. The van der Waals surface area contributed by atoms with E-state index in [0.717, 1.165) is 43.4 Å². The van der Waals surface area contributed by atoms with E-state index in [1.165, 1.54) is 18.2 Å². The number of amides is 1. The van der Waals surface area contributed by atoms with E-state index in [-0.39, 0.29) is 22.4 Å². The van der Waals surface area contributed by atoms with Gasteiger partial charge in [0.1, 0.15) is 17.3 Å². The Morgan fingerprint density at radius 3 is 2.92 bits per heavy atom. The van der Waals surface area contributed by atoms with Crippen LogP contribution in [0.4, 0.5) is 4.39 Å². The Kier molecular flexibility index (Phi) is 4.48. The maximum absolute atomic E-state index is 13.5. The molecule has 0 saturated carbocycles. The summed E-state index contributed by atoms with van der Waals surface area (Å²) in [6, 6.07) is 3.82. The Morgan fingerprint density at radius 1 is 1.32 bits per heavy atom. The highest BCUT2D eigenvalue weighted by atomic mass is 35.5. The van der Waals surface area contributed by atoms with Crippen LogP contribution in [0.15, 0.2) is 22.6 Å². The zero-order valence-corrected chi connectivity index (χ0v) is 14.4. The molecule has 2 aromatic rings. The van der Waals surface area contributed by atoms with Crippen molar-refractivity contribution >= 4 is 17.5 Å². The minimum absolute atomic E-state index is 0.179. The van der Waals surface area contributed by atoms with Crippen LogP contribution in [0.5, 0.6) is 0 Å². The summed E-state index contributed by atoms with van der Waals surface area (Å²) in [5.74, 6) is 1.10. The molecule has 1 saturated heterocycles. The summed E-state index contributed by atoms with van der Waals surface area (Å²) in [5, 5.41) is 0.250. The van der Waals surface area contributed by atoms with Crippen molar-refractivity contribution in [1.82, 2.24) is 9.88 Å². The second-order valence-electron chi connectivity index (χ2n) is 6.41. The molecule has 3 heterocycles. The molecule has 132 valence electrons. The molecule has 5 nitrogen and oxygen atoms in total. The molecule has 4 rings (SSSR count). The number of rotatable bonds is 2. The predicted molar refractivity (Wildman–Crippen MR) is 89.2 cm³/mol. The lowest BCUT2D eigenvalue weighted by Crippen LogP contribution is -2.36. The Morgan fingerprint density at radius 2 is 2.12 bits per heavy atom. The minimum atomic E-state index is -0.478. The van der Waals surface area contributed by atoms with E-state index in [9.17, 15) is 9.18 Å². The van der Waals surface area contributed by atoms with Gasteiger partial charge in [-0.3, -0.25) is 4.79 Å². The van der Waals surface area contributed by atoms with Crippen molar-refractivity contribution in [1.29, 1.82) is 0 Å². The zero-order chi connectivity index (χ0) is 17.4. The number of fused-ring (bicyclic) bond motifs is 1. The van der Waals surface area contributed by atoms with Gasteiger partial charge in [-0.15, -0.1) is 0 Å². The SMILES string of the molecule is O=C(c1cc(F)ccc1Cl)N1CCc2oc(C3CCOCC3)nc2C1. The Hall–Kier alpha value is -1.92. The molecule has 1 amide bonds. The Labute approximate surface area is 149 Å². The van der Waals surface area contributed by atoms with Crippen molar-refractivity contribution in [2.24, 2.45) is 0 Å². The number of nitrogens with zero attached hydrogens (tertiary/aromatic N) is 2. The highest BCUT2D eigenvalue weighted by Gasteiger charge is 2.29. The molecule has 1 fully saturated rings.